The van der Waals surface area contributed by atoms with Gasteiger partial charge in [-0.15, -0.1) is 0 Å². The highest BCUT2D eigenvalue weighted by Gasteiger charge is 2.52. The summed E-state index contributed by atoms with van der Waals surface area (Å²) in [5.41, 5.74) is 0.524. The topological polar surface area (TPSA) is 153 Å². The molecule has 11 nitrogen and oxygen atoms in total. The maximum absolute atomic E-state index is 12.6. The summed E-state index contributed by atoms with van der Waals surface area (Å²) in [5, 5.41) is 13.5. The molecule has 0 aliphatic carbocycles. The first kappa shape index (κ1) is 26.1. The zero-order valence-corrected chi connectivity index (χ0v) is 21.2. The molecule has 0 unspecified atom stereocenters. The first-order valence-electron chi connectivity index (χ1n) is 12.1. The molecule has 3 aromatic carbocycles. The number of carbonyl (C=O) groups excluding carboxylic acids is 3. The number of aromatic nitrogens is 1. The van der Waals surface area contributed by atoms with Crippen molar-refractivity contribution < 1.29 is 33.0 Å². The van der Waals surface area contributed by atoms with Gasteiger partial charge < -0.3 is 18.6 Å². The Labute approximate surface area is 228 Å². The zero-order valence-electron chi connectivity index (χ0n) is 21.2. The van der Waals surface area contributed by atoms with Gasteiger partial charge in [0, 0.05) is 24.7 Å². The van der Waals surface area contributed by atoms with Crippen molar-refractivity contribution in [2.24, 2.45) is 0 Å². The molecule has 200 valence electrons. The number of rotatable bonds is 9. The Morgan fingerprint density at radius 3 is 2.17 bits per heavy atom. The molecule has 0 radical (unpaired) electrons. The van der Waals surface area contributed by atoms with Gasteiger partial charge in [0.1, 0.15) is 29.2 Å². The van der Waals surface area contributed by atoms with Crippen LogP contribution in [0.4, 0.5) is 4.79 Å². The van der Waals surface area contributed by atoms with Crippen LogP contribution in [-0.4, -0.2) is 42.1 Å². The van der Waals surface area contributed by atoms with Crippen LogP contribution in [0.1, 0.15) is 12.0 Å². The largest absolute Gasteiger partial charge is 0.467 e. The summed E-state index contributed by atoms with van der Waals surface area (Å²) in [6, 6.07) is 21.8. The Balaban J connectivity index is 1.27. The quantitative estimate of drug-likeness (QED) is 0.299. The van der Waals surface area contributed by atoms with E-state index in [1.54, 1.807) is 60.7 Å². The number of oxazole rings is 1. The predicted molar refractivity (Wildman–Crippen MR) is 140 cm³/mol. The molecular formula is C29H22N4O7. The molecule has 0 atom stereocenters. The Hall–Kier alpha value is -5.47. The van der Waals surface area contributed by atoms with E-state index in [0.29, 0.717) is 34.2 Å². The number of barbiturate groups is 1. The summed E-state index contributed by atoms with van der Waals surface area (Å²) in [4.78, 5) is 41.2. The van der Waals surface area contributed by atoms with Crippen LogP contribution in [0, 0.1) is 11.3 Å². The zero-order chi connectivity index (χ0) is 28.1. The monoisotopic (exact) mass is 538 g/mol. The molecule has 2 N–H and O–H groups in total. The summed E-state index contributed by atoms with van der Waals surface area (Å²) in [5.74, 6) is -0.102. The first-order chi connectivity index (χ1) is 19.4. The summed E-state index contributed by atoms with van der Waals surface area (Å²) in [7, 11) is 1.43. The van der Waals surface area contributed by atoms with E-state index in [-0.39, 0.29) is 18.8 Å². The second-order valence-corrected chi connectivity index (χ2v) is 8.70. The first-order valence-corrected chi connectivity index (χ1v) is 12.1. The van der Waals surface area contributed by atoms with Gasteiger partial charge in [0.15, 0.2) is 0 Å². The average molecular weight is 539 g/mol. The van der Waals surface area contributed by atoms with Crippen LogP contribution in [0.15, 0.2) is 83.5 Å². The van der Waals surface area contributed by atoms with Crippen molar-refractivity contribution in [1.82, 2.24) is 15.6 Å². The lowest BCUT2D eigenvalue weighted by molar-refractivity contribution is -0.153. The van der Waals surface area contributed by atoms with Gasteiger partial charge in [-0.25, -0.2) is 9.78 Å². The average Bonchev–Trinajstić information content (AvgIpc) is 3.46. The number of nitriles is 1. The molecule has 40 heavy (non-hydrogen) atoms. The van der Waals surface area contributed by atoms with E-state index in [1.165, 1.54) is 13.4 Å². The number of hydrogen-bond acceptors (Lipinski definition) is 9. The third kappa shape index (κ3) is 5.24. The summed E-state index contributed by atoms with van der Waals surface area (Å²) in [6.45, 7) is 0.0498. The lowest BCUT2D eigenvalue weighted by Crippen LogP contribution is -2.69. The molecule has 4 aromatic rings. The van der Waals surface area contributed by atoms with Gasteiger partial charge in [-0.2, -0.15) is 5.26 Å². The van der Waals surface area contributed by atoms with Crippen LogP contribution >= 0.6 is 0 Å². The van der Waals surface area contributed by atoms with E-state index in [9.17, 15) is 19.6 Å². The fraction of sp³-hybridized carbons (Fsp3) is 0.138. The van der Waals surface area contributed by atoms with Gasteiger partial charge in [0.25, 0.3) is 17.4 Å². The second kappa shape index (κ2) is 11.1. The molecule has 0 spiro atoms. The van der Waals surface area contributed by atoms with Crippen molar-refractivity contribution in [3.05, 3.63) is 84.6 Å². The van der Waals surface area contributed by atoms with Crippen molar-refractivity contribution in [1.29, 1.82) is 5.26 Å². The van der Waals surface area contributed by atoms with E-state index in [1.807, 2.05) is 12.1 Å². The highest BCUT2D eigenvalue weighted by molar-refractivity contribution is 6.21. The molecule has 11 heteroatoms. The van der Waals surface area contributed by atoms with Crippen LogP contribution in [-0.2, 0) is 14.3 Å². The number of imide groups is 2. The standard InChI is InChI=1S/C29H22N4O7/c1-37-15-14-29(26(34)32-28(36)33-27(29)35)40-22-12-10-21(11-13-22)39-20-8-6-18(7-9-20)25-31-24(17-38-25)23-5-3-2-4-19(23)16-30/h2-13,17H,14-15H2,1H3,(H2,32,33,34,35,36). The molecule has 1 fully saturated rings. The number of methoxy groups -OCH3 is 1. The summed E-state index contributed by atoms with van der Waals surface area (Å²) in [6.07, 6.45) is 1.41. The van der Waals surface area contributed by atoms with E-state index in [2.05, 4.69) is 21.7 Å². The number of nitrogens with zero attached hydrogens (tertiary/aromatic N) is 2. The SMILES string of the molecule is COCCC1(Oc2ccc(Oc3ccc(-c4nc(-c5ccccc5C#N)co4)cc3)cc2)C(=O)NC(=O)NC1=O. The van der Waals surface area contributed by atoms with Crippen molar-refractivity contribution in [2.75, 3.05) is 13.7 Å². The lowest BCUT2D eigenvalue weighted by atomic mass is 9.95. The fourth-order valence-electron chi connectivity index (χ4n) is 4.07. The van der Waals surface area contributed by atoms with Crippen LogP contribution in [0.3, 0.4) is 0 Å². The molecule has 4 amide bonds. The third-order valence-corrected chi connectivity index (χ3v) is 6.13. The number of ether oxygens (including phenoxy) is 3. The molecule has 0 saturated carbocycles. The molecular weight excluding hydrogens is 516 g/mol. The van der Waals surface area contributed by atoms with Gasteiger partial charge in [-0.3, -0.25) is 20.2 Å². The van der Waals surface area contributed by atoms with E-state index >= 15 is 0 Å². The van der Waals surface area contributed by atoms with E-state index in [4.69, 9.17) is 18.6 Å². The highest BCUT2D eigenvalue weighted by Crippen LogP contribution is 2.31. The van der Waals surface area contributed by atoms with Crippen LogP contribution in [0.5, 0.6) is 17.2 Å². The number of urea groups is 1. The molecule has 2 heterocycles. The van der Waals surface area contributed by atoms with Crippen LogP contribution in [0.25, 0.3) is 22.7 Å². The second-order valence-electron chi connectivity index (χ2n) is 8.70. The fourth-order valence-corrected chi connectivity index (χ4v) is 4.07. The Bertz CT molecular complexity index is 1580. The minimum Gasteiger partial charge on any atom is -0.467 e. The molecule has 0 bridgehead atoms. The number of benzene rings is 3. The Morgan fingerprint density at radius 1 is 0.900 bits per heavy atom. The molecule has 1 aromatic heterocycles. The maximum Gasteiger partial charge on any atom is 0.328 e. The number of amides is 4. The van der Waals surface area contributed by atoms with E-state index in [0.717, 1.165) is 5.56 Å². The molecule has 1 aliphatic heterocycles. The van der Waals surface area contributed by atoms with E-state index < -0.39 is 23.4 Å². The summed E-state index contributed by atoms with van der Waals surface area (Å²) >= 11 is 0. The third-order valence-electron chi connectivity index (χ3n) is 6.13. The van der Waals surface area contributed by atoms with Gasteiger partial charge in [0.05, 0.1) is 18.2 Å². The minimum absolute atomic E-state index is 0.0498. The van der Waals surface area contributed by atoms with Crippen molar-refractivity contribution in [2.45, 2.75) is 12.0 Å². The Kier molecular flexibility index (Phi) is 7.26. The number of hydrogen-bond donors (Lipinski definition) is 2. The van der Waals surface area contributed by atoms with Crippen LogP contribution < -0.4 is 20.1 Å². The Morgan fingerprint density at radius 2 is 1.52 bits per heavy atom. The van der Waals surface area contributed by atoms with Gasteiger partial charge in [0.2, 0.25) is 5.89 Å². The highest BCUT2D eigenvalue weighted by atomic mass is 16.5. The number of nitrogens with one attached hydrogen (secondary N) is 2. The molecule has 1 saturated heterocycles. The van der Waals surface area contributed by atoms with Gasteiger partial charge in [-0.1, -0.05) is 18.2 Å². The number of carbonyl (C=O) groups is 3. The normalized spacial score (nSPS) is 14.2. The van der Waals surface area contributed by atoms with Crippen LogP contribution in [0.2, 0.25) is 0 Å². The maximum atomic E-state index is 12.6. The smallest absolute Gasteiger partial charge is 0.328 e. The molecule has 5 rings (SSSR count). The van der Waals surface area contributed by atoms with Crippen molar-refractivity contribution >= 4 is 17.8 Å². The van der Waals surface area contributed by atoms with Crippen molar-refractivity contribution in [3.8, 4) is 46.0 Å². The van der Waals surface area contributed by atoms with Gasteiger partial charge >= 0.3 is 6.03 Å². The van der Waals surface area contributed by atoms with Crippen molar-refractivity contribution in [3.63, 3.8) is 0 Å². The summed E-state index contributed by atoms with van der Waals surface area (Å²) < 4.78 is 22.3. The predicted octanol–water partition coefficient (Wildman–Crippen LogP) is 4.19. The molecule has 1 aliphatic rings. The van der Waals surface area contributed by atoms with Gasteiger partial charge in [-0.05, 0) is 54.6 Å². The minimum atomic E-state index is -1.96. The lowest BCUT2D eigenvalue weighted by Gasteiger charge is -2.34.